The SMILES string of the molecule is CC(C)(C)OC(=O)N1CC(F)C(n2ccc3cnc(N[C@@H]4CCN(S(C)(=O)=O)C[C@H]4F)nc32)CC1(C)C. The first-order chi connectivity index (χ1) is 17.0. The van der Waals surface area contributed by atoms with Crippen LogP contribution < -0.4 is 5.32 Å². The van der Waals surface area contributed by atoms with Crippen molar-refractivity contribution < 1.29 is 26.7 Å². The maximum absolute atomic E-state index is 15.6. The Kier molecular flexibility index (Phi) is 7.17. The molecule has 2 saturated heterocycles. The summed E-state index contributed by atoms with van der Waals surface area (Å²) in [5, 5.41) is 3.69. The summed E-state index contributed by atoms with van der Waals surface area (Å²) in [6.07, 6.45) is 1.67. The molecule has 2 aliphatic rings. The number of fused-ring (bicyclic) bond motifs is 1. The van der Waals surface area contributed by atoms with Gasteiger partial charge in [-0.2, -0.15) is 9.29 Å². The standard InChI is InChI=1S/C24H36F2N6O4S/c1-23(2,3)36-22(33)32-14-17(26)19(11-24(32,4)5)31-10-7-15-12-27-21(29-20(15)31)28-18-8-9-30(13-16(18)25)37(6,34)35/h7,10,12,16-19H,8-9,11,13-14H2,1-6H3,(H,27,28,29)/t16-,17?,18-,19?/m1/s1. The Morgan fingerprint density at radius 2 is 1.92 bits per heavy atom. The summed E-state index contributed by atoms with van der Waals surface area (Å²) in [6, 6.07) is 0.561. The highest BCUT2D eigenvalue weighted by molar-refractivity contribution is 7.88. The molecule has 10 nitrogen and oxygen atoms in total. The molecule has 0 radical (unpaired) electrons. The number of anilines is 1. The largest absolute Gasteiger partial charge is 0.444 e. The molecule has 0 saturated carbocycles. The Hall–Kier alpha value is -2.54. The fraction of sp³-hybridized carbons (Fsp3) is 0.708. The summed E-state index contributed by atoms with van der Waals surface area (Å²) in [7, 11) is -3.46. The highest BCUT2D eigenvalue weighted by Crippen LogP contribution is 2.38. The number of amides is 1. The number of hydrogen-bond donors (Lipinski definition) is 1. The summed E-state index contributed by atoms with van der Waals surface area (Å²) in [5.41, 5.74) is -0.863. The summed E-state index contributed by atoms with van der Waals surface area (Å²) < 4.78 is 62.2. The first-order valence-corrected chi connectivity index (χ1v) is 14.2. The minimum absolute atomic E-state index is 0.120. The molecule has 2 unspecified atom stereocenters. The van der Waals surface area contributed by atoms with E-state index in [0.717, 1.165) is 10.6 Å². The topological polar surface area (TPSA) is 110 Å². The third-order valence-corrected chi connectivity index (χ3v) is 8.20. The van der Waals surface area contributed by atoms with Gasteiger partial charge in [0.1, 0.15) is 23.6 Å². The van der Waals surface area contributed by atoms with E-state index in [9.17, 15) is 17.6 Å². The predicted molar refractivity (Wildman–Crippen MR) is 136 cm³/mol. The number of piperidine rings is 2. The second kappa shape index (κ2) is 9.64. The number of ether oxygens (including phenoxy) is 1. The molecule has 0 aliphatic carbocycles. The van der Waals surface area contributed by atoms with Crippen LogP contribution in [0.25, 0.3) is 11.0 Å². The van der Waals surface area contributed by atoms with Gasteiger partial charge in [-0.1, -0.05) is 0 Å². The molecule has 0 bridgehead atoms. The van der Waals surface area contributed by atoms with Crippen LogP contribution in [0.15, 0.2) is 18.5 Å². The Morgan fingerprint density at radius 3 is 2.54 bits per heavy atom. The minimum Gasteiger partial charge on any atom is -0.444 e. The summed E-state index contributed by atoms with van der Waals surface area (Å²) in [4.78, 5) is 23.0. The van der Waals surface area contributed by atoms with E-state index in [1.807, 2.05) is 13.8 Å². The lowest BCUT2D eigenvalue weighted by atomic mass is 9.86. The van der Waals surface area contributed by atoms with Crippen molar-refractivity contribution in [3.8, 4) is 0 Å². The van der Waals surface area contributed by atoms with Crippen molar-refractivity contribution in [1.82, 2.24) is 23.7 Å². The second-order valence-electron chi connectivity index (χ2n) is 11.6. The molecule has 4 rings (SSSR count). The summed E-state index contributed by atoms with van der Waals surface area (Å²) in [6.45, 7) is 8.93. The fourth-order valence-corrected chi connectivity index (χ4v) is 5.84. The van der Waals surface area contributed by atoms with Gasteiger partial charge in [0.05, 0.1) is 24.9 Å². The molecule has 1 N–H and O–H groups in total. The van der Waals surface area contributed by atoms with Gasteiger partial charge in [-0.25, -0.2) is 27.0 Å². The number of nitrogens with one attached hydrogen (secondary N) is 1. The predicted octanol–water partition coefficient (Wildman–Crippen LogP) is 3.51. The fourth-order valence-electron chi connectivity index (χ4n) is 4.99. The van der Waals surface area contributed by atoms with Crippen LogP contribution in [0.1, 0.15) is 53.5 Å². The number of alkyl halides is 2. The summed E-state index contributed by atoms with van der Waals surface area (Å²) >= 11 is 0. The number of sulfonamides is 1. The maximum Gasteiger partial charge on any atom is 0.410 e. The Bertz CT molecular complexity index is 1260. The molecule has 2 fully saturated rings. The molecule has 2 aromatic rings. The Balaban J connectivity index is 1.53. The van der Waals surface area contributed by atoms with E-state index in [4.69, 9.17) is 4.74 Å². The van der Waals surface area contributed by atoms with Crippen LogP contribution in [-0.2, 0) is 14.8 Å². The zero-order valence-electron chi connectivity index (χ0n) is 22.1. The van der Waals surface area contributed by atoms with Gasteiger partial charge < -0.3 is 19.5 Å². The highest BCUT2D eigenvalue weighted by Gasteiger charge is 2.45. The molecule has 0 aromatic carbocycles. The monoisotopic (exact) mass is 542 g/mol. The third kappa shape index (κ3) is 5.97. The van der Waals surface area contributed by atoms with Crippen LogP contribution in [-0.4, -0.2) is 93.7 Å². The van der Waals surface area contributed by atoms with E-state index in [0.29, 0.717) is 17.5 Å². The van der Waals surface area contributed by atoms with Crippen LogP contribution in [0.2, 0.25) is 0 Å². The van der Waals surface area contributed by atoms with E-state index < -0.39 is 51.7 Å². The third-order valence-electron chi connectivity index (χ3n) is 6.93. The minimum atomic E-state index is -3.46. The molecular formula is C24H36F2N6O4S. The van der Waals surface area contributed by atoms with Gasteiger partial charge in [-0.15, -0.1) is 0 Å². The summed E-state index contributed by atoms with van der Waals surface area (Å²) in [5.74, 6) is 0.189. The number of carbonyl (C=O) groups excluding carboxylic acids is 1. The van der Waals surface area contributed by atoms with Gasteiger partial charge in [0, 0.05) is 36.4 Å². The quantitative estimate of drug-likeness (QED) is 0.630. The first-order valence-electron chi connectivity index (χ1n) is 12.4. The van der Waals surface area contributed by atoms with Gasteiger partial charge in [0.25, 0.3) is 0 Å². The van der Waals surface area contributed by atoms with Gasteiger partial charge in [-0.3, -0.25) is 0 Å². The lowest BCUT2D eigenvalue weighted by Crippen LogP contribution is -2.58. The number of likely N-dealkylation sites (tertiary alicyclic amines) is 1. The number of hydrogen-bond acceptors (Lipinski definition) is 7. The molecule has 0 spiro atoms. The van der Waals surface area contributed by atoms with E-state index in [2.05, 4.69) is 15.3 Å². The number of carbonyl (C=O) groups is 1. The highest BCUT2D eigenvalue weighted by atomic mass is 32.2. The first kappa shape index (κ1) is 27.5. The molecular weight excluding hydrogens is 506 g/mol. The van der Waals surface area contributed by atoms with E-state index in [1.54, 1.807) is 43.8 Å². The van der Waals surface area contributed by atoms with Gasteiger partial charge in [0.15, 0.2) is 0 Å². The number of aromatic nitrogens is 3. The van der Waals surface area contributed by atoms with Crippen molar-refractivity contribution in [3.05, 3.63) is 18.5 Å². The van der Waals surface area contributed by atoms with Crippen molar-refractivity contribution in [2.45, 2.75) is 83.0 Å². The molecule has 206 valence electrons. The average Bonchev–Trinajstić information content (AvgIpc) is 3.17. The van der Waals surface area contributed by atoms with Crippen molar-refractivity contribution >= 4 is 33.1 Å². The smallest absolute Gasteiger partial charge is 0.410 e. The van der Waals surface area contributed by atoms with E-state index in [1.165, 1.54) is 4.90 Å². The van der Waals surface area contributed by atoms with Gasteiger partial charge >= 0.3 is 6.09 Å². The number of halogens is 2. The van der Waals surface area contributed by atoms with Crippen molar-refractivity contribution in [3.63, 3.8) is 0 Å². The van der Waals surface area contributed by atoms with Crippen LogP contribution in [0, 0.1) is 0 Å². The van der Waals surface area contributed by atoms with Crippen molar-refractivity contribution in [2.75, 3.05) is 31.2 Å². The molecule has 4 atom stereocenters. The maximum atomic E-state index is 15.6. The van der Waals surface area contributed by atoms with Crippen molar-refractivity contribution in [2.24, 2.45) is 0 Å². The molecule has 13 heteroatoms. The normalized spacial score (nSPS) is 27.3. The molecule has 37 heavy (non-hydrogen) atoms. The average molecular weight is 543 g/mol. The van der Waals surface area contributed by atoms with E-state index >= 15 is 4.39 Å². The Morgan fingerprint density at radius 1 is 1.22 bits per heavy atom. The molecule has 4 heterocycles. The zero-order chi connectivity index (χ0) is 27.3. The zero-order valence-corrected chi connectivity index (χ0v) is 22.9. The van der Waals surface area contributed by atoms with Crippen molar-refractivity contribution in [1.29, 1.82) is 0 Å². The van der Waals surface area contributed by atoms with E-state index in [-0.39, 0.29) is 32.0 Å². The van der Waals surface area contributed by atoms with Crippen LogP contribution in [0.3, 0.4) is 0 Å². The van der Waals surface area contributed by atoms with Crippen LogP contribution >= 0.6 is 0 Å². The lowest BCUT2D eigenvalue weighted by molar-refractivity contribution is -0.0332. The van der Waals surface area contributed by atoms with Crippen LogP contribution in [0.5, 0.6) is 0 Å². The molecule has 2 aliphatic heterocycles. The lowest BCUT2D eigenvalue weighted by Gasteiger charge is -2.47. The number of nitrogens with zero attached hydrogens (tertiary/aromatic N) is 5. The molecule has 2 aromatic heterocycles. The van der Waals surface area contributed by atoms with Gasteiger partial charge in [-0.05, 0) is 53.5 Å². The number of rotatable bonds is 4. The molecule has 1 amide bonds. The van der Waals surface area contributed by atoms with Crippen LogP contribution in [0.4, 0.5) is 19.5 Å². The van der Waals surface area contributed by atoms with Gasteiger partial charge in [0.2, 0.25) is 16.0 Å². The second-order valence-corrected chi connectivity index (χ2v) is 13.5. The Labute approximate surface area is 216 Å².